The van der Waals surface area contributed by atoms with Crippen molar-refractivity contribution in [2.24, 2.45) is 0 Å². The molecule has 0 bridgehead atoms. The minimum Gasteiger partial charge on any atom is -0.493 e. The van der Waals surface area contributed by atoms with Gasteiger partial charge in [0.15, 0.2) is 11.5 Å². The summed E-state index contributed by atoms with van der Waals surface area (Å²) in [6.07, 6.45) is 4.02. The number of allylic oxidation sites excluding steroid dienone is 1. The van der Waals surface area contributed by atoms with Gasteiger partial charge in [0, 0.05) is 30.6 Å². The first-order chi connectivity index (χ1) is 19.8. The summed E-state index contributed by atoms with van der Waals surface area (Å²) in [4.78, 5) is 28.8. The van der Waals surface area contributed by atoms with Gasteiger partial charge in [0.05, 0.1) is 32.3 Å². The van der Waals surface area contributed by atoms with Gasteiger partial charge in [0.1, 0.15) is 12.2 Å². The number of amides is 2. The largest absolute Gasteiger partial charge is 0.493 e. The Morgan fingerprint density at radius 1 is 1.15 bits per heavy atom. The Kier molecular flexibility index (Phi) is 10.2. The molecular weight excluding hydrogens is 524 g/mol. The molecule has 4 N–H and O–H groups in total. The van der Waals surface area contributed by atoms with Crippen molar-refractivity contribution in [1.82, 2.24) is 10.2 Å². The highest BCUT2D eigenvalue weighted by atomic mass is 16.5. The molecule has 9 nitrogen and oxygen atoms in total. The van der Waals surface area contributed by atoms with Gasteiger partial charge in [0.25, 0.3) is 0 Å². The molecule has 4 rings (SSSR count). The lowest BCUT2D eigenvalue weighted by Gasteiger charge is -2.41. The fourth-order valence-corrected chi connectivity index (χ4v) is 5.58. The summed E-state index contributed by atoms with van der Waals surface area (Å²) in [6, 6.07) is 10.4. The summed E-state index contributed by atoms with van der Waals surface area (Å²) in [5.74, 6) is -0.460. The predicted molar refractivity (Wildman–Crippen MR) is 154 cm³/mol. The SMILES string of the molecule is C=CCCCCC(=O)N(Cc1ccc(C)cc1)[C@@H]1C=C(C(=O)NCCO)[C@@H]2c3cc(CO)cc(OC)c3O[C@@H]2[C@H]1O. The zero-order valence-corrected chi connectivity index (χ0v) is 23.7. The second-order valence-electron chi connectivity index (χ2n) is 10.6. The number of hydrogen-bond acceptors (Lipinski definition) is 7. The lowest BCUT2D eigenvalue weighted by molar-refractivity contribution is -0.138. The highest BCUT2D eigenvalue weighted by Gasteiger charge is 2.51. The van der Waals surface area contributed by atoms with E-state index in [0.29, 0.717) is 34.6 Å². The molecule has 0 aromatic heterocycles. The summed E-state index contributed by atoms with van der Waals surface area (Å²) in [7, 11) is 1.49. The molecule has 0 saturated carbocycles. The third-order valence-corrected chi connectivity index (χ3v) is 7.70. The Bertz CT molecular complexity index is 1270. The van der Waals surface area contributed by atoms with Gasteiger partial charge in [-0.2, -0.15) is 0 Å². The topological polar surface area (TPSA) is 129 Å². The van der Waals surface area contributed by atoms with Gasteiger partial charge >= 0.3 is 0 Å². The third kappa shape index (κ3) is 6.64. The summed E-state index contributed by atoms with van der Waals surface area (Å²) in [5, 5.41) is 33.7. The van der Waals surface area contributed by atoms with Crippen molar-refractivity contribution in [1.29, 1.82) is 0 Å². The summed E-state index contributed by atoms with van der Waals surface area (Å²) in [6.45, 7) is 5.54. The second-order valence-corrected chi connectivity index (χ2v) is 10.6. The van der Waals surface area contributed by atoms with Gasteiger partial charge in [-0.05, 0) is 55.5 Å². The van der Waals surface area contributed by atoms with Crippen LogP contribution in [0.15, 0.2) is 60.7 Å². The maximum Gasteiger partial charge on any atom is 0.247 e. The molecule has 2 amide bonds. The van der Waals surface area contributed by atoms with Crippen LogP contribution in [0.25, 0.3) is 0 Å². The smallest absolute Gasteiger partial charge is 0.247 e. The first kappa shape index (κ1) is 30.3. The molecular formula is C32H40N2O7. The van der Waals surface area contributed by atoms with Crippen molar-refractivity contribution >= 4 is 11.8 Å². The van der Waals surface area contributed by atoms with Crippen LogP contribution >= 0.6 is 0 Å². The Morgan fingerprint density at radius 2 is 1.90 bits per heavy atom. The molecule has 0 unspecified atom stereocenters. The normalized spacial score (nSPS) is 20.8. The van der Waals surface area contributed by atoms with Crippen LogP contribution in [0.3, 0.4) is 0 Å². The third-order valence-electron chi connectivity index (χ3n) is 7.70. The van der Waals surface area contributed by atoms with E-state index in [0.717, 1.165) is 24.0 Å². The lowest BCUT2D eigenvalue weighted by atomic mass is 9.77. The van der Waals surface area contributed by atoms with Gasteiger partial charge in [-0.1, -0.05) is 35.9 Å². The van der Waals surface area contributed by atoms with E-state index in [9.17, 15) is 24.9 Å². The standard InChI is InChI=1S/C32H40N2O7/c1-4-5-6-7-8-27(37)34(18-21-11-9-20(2)10-12-21)25-17-24(32(39)33-13-14-35)28-23-15-22(19-36)16-26(40-3)30(23)41-31(28)29(25)38/h4,9-12,15-17,25,28-29,31,35-36,38H,1,5-8,13-14,18-19H2,2-3H3,(H,33,39)/t25-,28+,29+,31+/m1/s1. The maximum atomic E-state index is 13.7. The number of aliphatic hydroxyl groups is 3. The maximum absolute atomic E-state index is 13.7. The molecule has 2 aromatic carbocycles. The van der Waals surface area contributed by atoms with E-state index < -0.39 is 30.1 Å². The Hall–Kier alpha value is -3.66. The number of fused-ring (bicyclic) bond motifs is 3. The monoisotopic (exact) mass is 564 g/mol. The highest BCUT2D eigenvalue weighted by Crippen LogP contribution is 2.51. The summed E-state index contributed by atoms with van der Waals surface area (Å²) < 4.78 is 11.8. The van der Waals surface area contributed by atoms with Crippen molar-refractivity contribution < 1.29 is 34.4 Å². The van der Waals surface area contributed by atoms with E-state index in [1.54, 1.807) is 23.1 Å². The van der Waals surface area contributed by atoms with E-state index in [2.05, 4.69) is 11.9 Å². The Balaban J connectivity index is 1.77. The number of ether oxygens (including phenoxy) is 2. The minimum absolute atomic E-state index is 0.0454. The van der Waals surface area contributed by atoms with Crippen LogP contribution in [0, 0.1) is 6.92 Å². The van der Waals surface area contributed by atoms with Crippen molar-refractivity contribution in [2.45, 2.75) is 69.9 Å². The first-order valence-corrected chi connectivity index (χ1v) is 14.1. The van der Waals surface area contributed by atoms with E-state index in [1.165, 1.54) is 7.11 Å². The predicted octanol–water partition coefficient (Wildman–Crippen LogP) is 2.89. The molecule has 41 heavy (non-hydrogen) atoms. The van der Waals surface area contributed by atoms with Crippen molar-refractivity contribution in [3.8, 4) is 11.5 Å². The number of unbranched alkanes of at least 4 members (excludes halogenated alkanes) is 2. The van der Waals surface area contributed by atoms with Crippen LogP contribution in [0.2, 0.25) is 0 Å². The number of rotatable bonds is 13. The highest BCUT2D eigenvalue weighted by molar-refractivity contribution is 5.96. The molecule has 9 heteroatoms. The summed E-state index contributed by atoms with van der Waals surface area (Å²) in [5.41, 5.74) is 3.50. The van der Waals surface area contributed by atoms with Crippen LogP contribution in [-0.2, 0) is 22.7 Å². The van der Waals surface area contributed by atoms with Crippen LogP contribution in [0.1, 0.15) is 53.9 Å². The molecule has 0 spiro atoms. The number of aliphatic hydroxyl groups excluding tert-OH is 3. The Morgan fingerprint density at radius 3 is 2.56 bits per heavy atom. The zero-order valence-electron chi connectivity index (χ0n) is 23.7. The van der Waals surface area contributed by atoms with E-state index in [4.69, 9.17) is 9.47 Å². The number of nitrogens with one attached hydrogen (secondary N) is 1. The number of aryl methyl sites for hydroxylation is 1. The van der Waals surface area contributed by atoms with Gasteiger partial charge < -0.3 is 35.0 Å². The molecule has 1 heterocycles. The van der Waals surface area contributed by atoms with Gasteiger partial charge in [-0.25, -0.2) is 0 Å². The van der Waals surface area contributed by atoms with E-state index in [-0.39, 0.29) is 38.6 Å². The molecule has 1 aliphatic carbocycles. The average Bonchev–Trinajstić information content (AvgIpc) is 3.37. The van der Waals surface area contributed by atoms with Gasteiger partial charge in [-0.15, -0.1) is 6.58 Å². The summed E-state index contributed by atoms with van der Waals surface area (Å²) >= 11 is 0. The minimum atomic E-state index is -1.16. The van der Waals surface area contributed by atoms with Crippen LogP contribution in [0.5, 0.6) is 11.5 Å². The molecule has 220 valence electrons. The zero-order chi connectivity index (χ0) is 29.5. The van der Waals surface area contributed by atoms with Crippen LogP contribution in [0.4, 0.5) is 0 Å². The number of nitrogens with zero attached hydrogens (tertiary/aromatic N) is 1. The average molecular weight is 565 g/mol. The van der Waals surface area contributed by atoms with Crippen molar-refractivity contribution in [2.75, 3.05) is 20.3 Å². The van der Waals surface area contributed by atoms with Crippen LogP contribution in [-0.4, -0.2) is 70.5 Å². The quantitative estimate of drug-likeness (QED) is 0.218. The molecule has 2 aliphatic rings. The fraction of sp³-hybridized carbons (Fsp3) is 0.438. The fourth-order valence-electron chi connectivity index (χ4n) is 5.58. The first-order valence-electron chi connectivity index (χ1n) is 14.1. The van der Waals surface area contributed by atoms with Crippen LogP contribution < -0.4 is 14.8 Å². The number of carbonyl (C=O) groups excluding carboxylic acids is 2. The van der Waals surface area contributed by atoms with Crippen molar-refractivity contribution in [3.63, 3.8) is 0 Å². The van der Waals surface area contributed by atoms with E-state index >= 15 is 0 Å². The lowest BCUT2D eigenvalue weighted by Crippen LogP contribution is -2.55. The van der Waals surface area contributed by atoms with Gasteiger partial charge in [-0.3, -0.25) is 9.59 Å². The van der Waals surface area contributed by atoms with Gasteiger partial charge in [0.2, 0.25) is 11.8 Å². The number of methoxy groups -OCH3 is 1. The molecule has 1 aliphatic heterocycles. The Labute approximate surface area is 241 Å². The molecule has 0 fully saturated rings. The van der Waals surface area contributed by atoms with Crippen molar-refractivity contribution in [3.05, 3.63) is 83.0 Å². The molecule has 2 aromatic rings. The second kappa shape index (κ2) is 13.8. The molecule has 4 atom stereocenters. The molecule has 0 radical (unpaired) electrons. The van der Waals surface area contributed by atoms with E-state index in [1.807, 2.05) is 37.3 Å². The number of benzene rings is 2. The number of hydrogen-bond donors (Lipinski definition) is 4. The molecule has 0 saturated heterocycles. The number of carbonyl (C=O) groups is 2.